The third-order valence-electron chi connectivity index (χ3n) is 7.57. The van der Waals surface area contributed by atoms with Crippen molar-refractivity contribution in [3.05, 3.63) is 130 Å². The van der Waals surface area contributed by atoms with Gasteiger partial charge in [-0.25, -0.2) is 0 Å². The molecule has 0 bridgehead atoms. The lowest BCUT2D eigenvalue weighted by atomic mass is 9.94. The summed E-state index contributed by atoms with van der Waals surface area (Å²) >= 11 is 0. The Labute approximate surface area is 238 Å². The maximum absolute atomic E-state index is 13.4. The second kappa shape index (κ2) is 10.4. The number of Topliss-reactive ketones (excluding diaryl/α,β-unsaturated/α-hetero) is 6. The standard InChI is InChI=1S/C33H20N2O7/c36-25(13-17-5-9-34-10-6-17)27-30(39)21-3-1-19(15-23(21)32(27)41)29(38)20-2-4-22-24(16-20)33(42)28(31(22)40)26(37)14-18-7-11-35-12-8-18/h1-12,15-16,27-28H,13-14H2. The molecule has 204 valence electrons. The molecule has 42 heavy (non-hydrogen) atoms. The number of ketones is 7. The molecule has 2 aromatic carbocycles. The van der Waals surface area contributed by atoms with Gasteiger partial charge >= 0.3 is 0 Å². The topological polar surface area (TPSA) is 145 Å². The van der Waals surface area contributed by atoms with Crippen LogP contribution in [0, 0.1) is 11.8 Å². The first-order valence-electron chi connectivity index (χ1n) is 13.1. The first kappa shape index (κ1) is 26.6. The van der Waals surface area contributed by atoms with E-state index in [1.165, 1.54) is 61.2 Å². The molecule has 2 aromatic heterocycles. The minimum absolute atomic E-state index is 0.0203. The van der Waals surface area contributed by atoms with Crippen LogP contribution in [0.5, 0.6) is 0 Å². The smallest absolute Gasteiger partial charge is 0.193 e. The van der Waals surface area contributed by atoms with Gasteiger partial charge in [0.15, 0.2) is 40.5 Å². The zero-order valence-corrected chi connectivity index (χ0v) is 21.9. The summed E-state index contributed by atoms with van der Waals surface area (Å²) in [6.07, 6.45) is 5.82. The number of aromatic nitrogens is 2. The molecule has 2 aliphatic rings. The summed E-state index contributed by atoms with van der Waals surface area (Å²) in [6.45, 7) is 0. The van der Waals surface area contributed by atoms with E-state index in [1.807, 2.05) is 0 Å². The molecule has 0 N–H and O–H groups in total. The lowest BCUT2D eigenvalue weighted by Gasteiger charge is -2.06. The van der Waals surface area contributed by atoms with Crippen LogP contribution in [-0.2, 0) is 22.4 Å². The van der Waals surface area contributed by atoms with Gasteiger partial charge in [-0.15, -0.1) is 0 Å². The van der Waals surface area contributed by atoms with Gasteiger partial charge in [0.1, 0.15) is 11.8 Å². The van der Waals surface area contributed by atoms with E-state index in [4.69, 9.17) is 0 Å². The Hall–Kier alpha value is -5.57. The molecule has 0 saturated carbocycles. The second-order valence-electron chi connectivity index (χ2n) is 10.2. The predicted molar refractivity (Wildman–Crippen MR) is 147 cm³/mol. The highest BCUT2D eigenvalue weighted by molar-refractivity contribution is 6.37. The summed E-state index contributed by atoms with van der Waals surface area (Å²) in [5.74, 6) is -7.19. The van der Waals surface area contributed by atoms with Gasteiger partial charge in [-0.2, -0.15) is 0 Å². The Bertz CT molecular complexity index is 1730. The Kier molecular flexibility index (Phi) is 6.62. The van der Waals surface area contributed by atoms with Gasteiger partial charge in [-0.05, 0) is 59.7 Å². The molecule has 9 heteroatoms. The Morgan fingerprint density at radius 2 is 0.857 bits per heavy atom. The van der Waals surface area contributed by atoms with Gasteiger partial charge in [0, 0.05) is 71.0 Å². The Balaban J connectivity index is 1.23. The second-order valence-corrected chi connectivity index (χ2v) is 10.2. The van der Waals surface area contributed by atoms with Crippen molar-refractivity contribution in [3.8, 4) is 0 Å². The molecule has 0 saturated heterocycles. The van der Waals surface area contributed by atoms with Gasteiger partial charge in [0.05, 0.1) is 0 Å². The summed E-state index contributed by atoms with van der Waals surface area (Å²) in [5, 5.41) is 0. The number of hydrogen-bond donors (Lipinski definition) is 0. The number of carbonyl (C=O) groups excluding carboxylic acids is 7. The van der Waals surface area contributed by atoms with Crippen LogP contribution in [0.15, 0.2) is 85.5 Å². The lowest BCUT2D eigenvalue weighted by Crippen LogP contribution is -2.27. The van der Waals surface area contributed by atoms with Gasteiger partial charge in [-0.1, -0.05) is 12.1 Å². The highest BCUT2D eigenvalue weighted by atomic mass is 16.2. The zero-order chi connectivity index (χ0) is 29.5. The van der Waals surface area contributed by atoms with E-state index in [0.717, 1.165) is 0 Å². The first-order chi connectivity index (χ1) is 20.2. The molecule has 0 fully saturated rings. The van der Waals surface area contributed by atoms with E-state index < -0.39 is 52.3 Å². The molecule has 9 nitrogen and oxygen atoms in total. The van der Waals surface area contributed by atoms with E-state index in [9.17, 15) is 33.6 Å². The third-order valence-corrected chi connectivity index (χ3v) is 7.57. The summed E-state index contributed by atoms with van der Waals surface area (Å²) in [5.41, 5.74) is 1.46. The van der Waals surface area contributed by atoms with Crippen LogP contribution in [0.25, 0.3) is 0 Å². The van der Waals surface area contributed by atoms with E-state index in [-0.39, 0.29) is 46.2 Å². The minimum atomic E-state index is -1.48. The third kappa shape index (κ3) is 4.50. The number of nitrogens with zero attached hydrogens (tertiary/aromatic N) is 2. The number of benzene rings is 2. The normalized spacial score (nSPS) is 17.2. The quantitative estimate of drug-likeness (QED) is 0.236. The van der Waals surface area contributed by atoms with Crippen molar-refractivity contribution in [1.82, 2.24) is 9.97 Å². The van der Waals surface area contributed by atoms with Crippen molar-refractivity contribution in [1.29, 1.82) is 0 Å². The summed E-state index contributed by atoms with van der Waals surface area (Å²) < 4.78 is 0. The molecule has 4 aromatic rings. The molecule has 2 unspecified atom stereocenters. The van der Waals surface area contributed by atoms with Crippen LogP contribution in [-0.4, -0.2) is 50.5 Å². The van der Waals surface area contributed by atoms with Gasteiger partial charge < -0.3 is 0 Å². The van der Waals surface area contributed by atoms with E-state index in [0.29, 0.717) is 11.1 Å². The number of fused-ring (bicyclic) bond motifs is 2. The van der Waals surface area contributed by atoms with Crippen LogP contribution in [0.3, 0.4) is 0 Å². The lowest BCUT2D eigenvalue weighted by molar-refractivity contribution is -0.120. The molecule has 6 rings (SSSR count). The average molecular weight is 557 g/mol. The summed E-state index contributed by atoms with van der Waals surface area (Å²) in [4.78, 5) is 99.1. The molecule has 0 spiro atoms. The van der Waals surface area contributed by atoms with Crippen molar-refractivity contribution in [3.63, 3.8) is 0 Å². The van der Waals surface area contributed by atoms with E-state index in [1.54, 1.807) is 24.3 Å². The number of rotatable bonds is 8. The van der Waals surface area contributed by atoms with Crippen LogP contribution in [0.4, 0.5) is 0 Å². The Morgan fingerprint density at radius 3 is 1.24 bits per heavy atom. The molecule has 2 aliphatic carbocycles. The fourth-order valence-corrected chi connectivity index (χ4v) is 5.43. The fraction of sp³-hybridized carbons (Fsp3) is 0.121. The van der Waals surface area contributed by atoms with Crippen molar-refractivity contribution in [2.75, 3.05) is 0 Å². The van der Waals surface area contributed by atoms with Crippen molar-refractivity contribution >= 4 is 40.5 Å². The number of hydrogen-bond acceptors (Lipinski definition) is 9. The molecule has 0 radical (unpaired) electrons. The highest BCUT2D eigenvalue weighted by Gasteiger charge is 2.44. The first-order valence-corrected chi connectivity index (χ1v) is 13.1. The van der Waals surface area contributed by atoms with Crippen molar-refractivity contribution in [2.45, 2.75) is 12.8 Å². The largest absolute Gasteiger partial charge is 0.298 e. The van der Waals surface area contributed by atoms with Crippen molar-refractivity contribution < 1.29 is 33.6 Å². The van der Waals surface area contributed by atoms with Crippen LogP contribution < -0.4 is 0 Å². The number of pyridine rings is 2. The van der Waals surface area contributed by atoms with Crippen LogP contribution in [0.2, 0.25) is 0 Å². The zero-order valence-electron chi connectivity index (χ0n) is 21.9. The van der Waals surface area contributed by atoms with E-state index >= 15 is 0 Å². The molecule has 0 aliphatic heterocycles. The van der Waals surface area contributed by atoms with Crippen LogP contribution >= 0.6 is 0 Å². The summed E-state index contributed by atoms with van der Waals surface area (Å²) in [6, 6.07) is 14.5. The van der Waals surface area contributed by atoms with Crippen molar-refractivity contribution in [2.24, 2.45) is 11.8 Å². The summed E-state index contributed by atoms with van der Waals surface area (Å²) in [7, 11) is 0. The van der Waals surface area contributed by atoms with Gasteiger partial charge in [-0.3, -0.25) is 43.5 Å². The maximum atomic E-state index is 13.4. The molecular weight excluding hydrogens is 536 g/mol. The van der Waals surface area contributed by atoms with E-state index in [2.05, 4.69) is 9.97 Å². The van der Waals surface area contributed by atoms with Crippen LogP contribution in [0.1, 0.15) is 68.5 Å². The predicted octanol–water partition coefficient (Wildman–Crippen LogP) is 3.32. The minimum Gasteiger partial charge on any atom is -0.298 e. The molecule has 0 amide bonds. The average Bonchev–Trinajstić information content (AvgIpc) is 3.41. The Morgan fingerprint density at radius 1 is 0.500 bits per heavy atom. The molecule has 2 atom stereocenters. The highest BCUT2D eigenvalue weighted by Crippen LogP contribution is 2.32. The van der Waals surface area contributed by atoms with Gasteiger partial charge in [0.2, 0.25) is 0 Å². The monoisotopic (exact) mass is 556 g/mol. The molecular formula is C33H20N2O7. The maximum Gasteiger partial charge on any atom is 0.193 e. The SMILES string of the molecule is O=C(c1ccc2c(c1)C(=O)C(C(=O)Cc1ccncc1)C2=O)c1ccc2c(c1)C(=O)C(C(=O)Cc1ccncc1)C2=O. The fourth-order valence-electron chi connectivity index (χ4n) is 5.43. The van der Waals surface area contributed by atoms with Gasteiger partial charge in [0.25, 0.3) is 0 Å². The molecule has 2 heterocycles. The number of carbonyl (C=O) groups is 7.